The van der Waals surface area contributed by atoms with E-state index in [9.17, 15) is 0 Å². The van der Waals surface area contributed by atoms with Crippen molar-refractivity contribution in [3.05, 3.63) is 59.2 Å². The minimum absolute atomic E-state index is 0.239. The van der Waals surface area contributed by atoms with Gasteiger partial charge in [-0.2, -0.15) is 5.10 Å². The van der Waals surface area contributed by atoms with Crippen molar-refractivity contribution in [1.82, 2.24) is 5.01 Å². The molecule has 2 aromatic carbocycles. The summed E-state index contributed by atoms with van der Waals surface area (Å²) in [5, 5.41) is 7.47. The van der Waals surface area contributed by atoms with E-state index in [-0.39, 0.29) is 11.8 Å². The van der Waals surface area contributed by atoms with E-state index < -0.39 is 0 Å². The number of hydrogen-bond donors (Lipinski definition) is 1. The van der Waals surface area contributed by atoms with Crippen molar-refractivity contribution in [2.24, 2.45) is 5.10 Å². The van der Waals surface area contributed by atoms with Gasteiger partial charge < -0.3 is 14.4 Å². The minimum Gasteiger partial charge on any atom is -0.497 e. The third-order valence-electron chi connectivity index (χ3n) is 6.79. The second kappa shape index (κ2) is 7.06. The number of nitrogens with one attached hydrogen (secondary N) is 1. The summed E-state index contributed by atoms with van der Waals surface area (Å²) < 4.78 is 12.2. The first-order valence-electron chi connectivity index (χ1n) is 10.8. The number of nitrogens with zero attached hydrogens (tertiary/aromatic N) is 2. The molecular weight excluding hydrogens is 362 g/mol. The van der Waals surface area contributed by atoms with E-state index in [1.54, 1.807) is 12.0 Å². The van der Waals surface area contributed by atoms with Crippen LogP contribution in [0.2, 0.25) is 0 Å². The molecule has 0 bridgehead atoms. The van der Waals surface area contributed by atoms with Gasteiger partial charge in [-0.15, -0.1) is 0 Å². The molecule has 0 aliphatic carbocycles. The lowest BCUT2D eigenvalue weighted by molar-refractivity contribution is -0.906. The lowest BCUT2D eigenvalue weighted by Gasteiger charge is -2.50. The van der Waals surface area contributed by atoms with Crippen molar-refractivity contribution < 1.29 is 14.4 Å². The molecule has 0 saturated carbocycles. The highest BCUT2D eigenvalue weighted by Gasteiger charge is 2.52. The van der Waals surface area contributed by atoms with Crippen LogP contribution in [0, 0.1) is 6.92 Å². The SMILES string of the molecule is CC[NH+]1CCC2(CC1)Oc1ccc(C)cc1[C@@H]1CC(c3cccc(OC)c3)=NN12. The summed E-state index contributed by atoms with van der Waals surface area (Å²) in [5.41, 5.74) is 4.47. The summed E-state index contributed by atoms with van der Waals surface area (Å²) in [5.74, 6) is 1.91. The summed E-state index contributed by atoms with van der Waals surface area (Å²) in [6, 6.07) is 15.1. The summed E-state index contributed by atoms with van der Waals surface area (Å²) in [6.45, 7) is 7.85. The Balaban J connectivity index is 1.56. The number of piperidine rings is 1. The summed E-state index contributed by atoms with van der Waals surface area (Å²) in [7, 11) is 1.71. The number of likely N-dealkylation sites (tertiary alicyclic amines) is 1. The second-order valence-electron chi connectivity index (χ2n) is 8.54. The number of hydrogen-bond acceptors (Lipinski definition) is 4. The van der Waals surface area contributed by atoms with Gasteiger partial charge in [-0.1, -0.05) is 29.8 Å². The maximum Gasteiger partial charge on any atom is 0.208 e. The molecule has 0 aromatic heterocycles. The van der Waals surface area contributed by atoms with Crippen LogP contribution in [0.3, 0.4) is 0 Å². The number of hydrazone groups is 1. The van der Waals surface area contributed by atoms with Gasteiger partial charge >= 0.3 is 0 Å². The number of quaternary nitrogens is 1. The van der Waals surface area contributed by atoms with E-state index in [1.807, 2.05) is 12.1 Å². The number of fused-ring (bicyclic) bond motifs is 4. The predicted octanol–water partition coefficient (Wildman–Crippen LogP) is 2.94. The quantitative estimate of drug-likeness (QED) is 0.873. The van der Waals surface area contributed by atoms with Gasteiger partial charge in [0.2, 0.25) is 5.72 Å². The molecule has 2 aromatic rings. The fourth-order valence-corrected chi connectivity index (χ4v) is 5.06. The molecule has 5 heteroatoms. The van der Waals surface area contributed by atoms with Crippen LogP contribution in [-0.4, -0.2) is 43.2 Å². The zero-order chi connectivity index (χ0) is 20.0. The van der Waals surface area contributed by atoms with Gasteiger partial charge in [0.05, 0.1) is 51.3 Å². The van der Waals surface area contributed by atoms with E-state index in [4.69, 9.17) is 14.6 Å². The average Bonchev–Trinajstić information content (AvgIpc) is 3.22. The number of ether oxygens (including phenoxy) is 2. The van der Waals surface area contributed by atoms with E-state index >= 15 is 0 Å². The standard InChI is InChI=1S/C24H29N3O2/c1-4-26-12-10-24(11-13-26)27-22(20-14-17(2)8-9-23(20)29-24)16-21(25-27)18-6-5-7-19(15-18)28-3/h5-9,14-15,22H,4,10-13,16H2,1-3H3/p+1/t22-/m0/s1. The molecule has 29 heavy (non-hydrogen) atoms. The Morgan fingerprint density at radius 3 is 2.79 bits per heavy atom. The van der Waals surface area contributed by atoms with Gasteiger partial charge in [0, 0.05) is 17.5 Å². The van der Waals surface area contributed by atoms with Crippen LogP contribution in [0.25, 0.3) is 0 Å². The highest BCUT2D eigenvalue weighted by Crippen LogP contribution is 2.49. The molecule has 0 radical (unpaired) electrons. The van der Waals surface area contributed by atoms with Crippen molar-refractivity contribution in [1.29, 1.82) is 0 Å². The summed E-state index contributed by atoms with van der Waals surface area (Å²) in [4.78, 5) is 1.65. The van der Waals surface area contributed by atoms with Gasteiger partial charge in [0.1, 0.15) is 11.5 Å². The van der Waals surface area contributed by atoms with Crippen LogP contribution >= 0.6 is 0 Å². The Kier molecular flexibility index (Phi) is 4.50. The zero-order valence-corrected chi connectivity index (χ0v) is 17.6. The lowest BCUT2D eigenvalue weighted by atomic mass is 9.90. The van der Waals surface area contributed by atoms with Crippen LogP contribution in [0.1, 0.15) is 48.9 Å². The molecule has 5 rings (SSSR count). The van der Waals surface area contributed by atoms with Gasteiger partial charge in [-0.25, -0.2) is 5.01 Å². The first-order chi connectivity index (χ1) is 14.1. The first kappa shape index (κ1) is 18.5. The Morgan fingerprint density at radius 2 is 2.03 bits per heavy atom. The monoisotopic (exact) mass is 392 g/mol. The van der Waals surface area contributed by atoms with Crippen molar-refractivity contribution in [2.75, 3.05) is 26.7 Å². The van der Waals surface area contributed by atoms with Gasteiger partial charge in [-0.05, 0) is 32.0 Å². The van der Waals surface area contributed by atoms with Crippen LogP contribution < -0.4 is 14.4 Å². The Hall–Kier alpha value is -2.53. The minimum atomic E-state index is -0.327. The molecule has 1 spiro atoms. The van der Waals surface area contributed by atoms with Gasteiger partial charge in [0.25, 0.3) is 0 Å². The molecule has 3 heterocycles. The molecule has 152 valence electrons. The van der Waals surface area contributed by atoms with Crippen LogP contribution in [0.5, 0.6) is 11.5 Å². The normalized spacial score (nSPS) is 27.8. The van der Waals surface area contributed by atoms with E-state index in [0.717, 1.165) is 55.1 Å². The summed E-state index contributed by atoms with van der Waals surface area (Å²) >= 11 is 0. The van der Waals surface area contributed by atoms with Crippen molar-refractivity contribution in [2.45, 2.75) is 44.9 Å². The molecule has 1 atom stereocenters. The largest absolute Gasteiger partial charge is 0.497 e. The van der Waals surface area contributed by atoms with Crippen molar-refractivity contribution in [3.63, 3.8) is 0 Å². The molecule has 1 fully saturated rings. The maximum absolute atomic E-state index is 6.73. The third-order valence-corrected chi connectivity index (χ3v) is 6.79. The fraction of sp³-hybridized carbons (Fsp3) is 0.458. The van der Waals surface area contributed by atoms with E-state index in [2.05, 4.69) is 49.2 Å². The molecule has 0 unspecified atom stereocenters. The number of aryl methyl sites for hydroxylation is 1. The first-order valence-corrected chi connectivity index (χ1v) is 10.8. The number of benzene rings is 2. The molecule has 5 nitrogen and oxygen atoms in total. The number of methoxy groups -OCH3 is 1. The molecule has 3 aliphatic heterocycles. The number of rotatable bonds is 3. The van der Waals surface area contributed by atoms with Crippen molar-refractivity contribution in [3.8, 4) is 11.5 Å². The third kappa shape index (κ3) is 3.08. The zero-order valence-electron chi connectivity index (χ0n) is 17.6. The maximum atomic E-state index is 6.73. The van der Waals surface area contributed by atoms with E-state index in [1.165, 1.54) is 17.7 Å². The Bertz CT molecular complexity index is 947. The Morgan fingerprint density at radius 1 is 1.21 bits per heavy atom. The molecule has 3 aliphatic rings. The summed E-state index contributed by atoms with van der Waals surface area (Å²) in [6.07, 6.45) is 2.92. The predicted molar refractivity (Wildman–Crippen MR) is 114 cm³/mol. The van der Waals surface area contributed by atoms with Gasteiger partial charge in [-0.3, -0.25) is 0 Å². The molecule has 0 amide bonds. The van der Waals surface area contributed by atoms with Crippen molar-refractivity contribution >= 4 is 5.71 Å². The second-order valence-corrected chi connectivity index (χ2v) is 8.54. The highest BCUT2D eigenvalue weighted by molar-refractivity contribution is 6.02. The highest BCUT2D eigenvalue weighted by atomic mass is 16.5. The molecular formula is C24H30N3O2+. The smallest absolute Gasteiger partial charge is 0.208 e. The fourth-order valence-electron chi connectivity index (χ4n) is 5.06. The van der Waals surface area contributed by atoms with Crippen LogP contribution in [0.4, 0.5) is 0 Å². The van der Waals surface area contributed by atoms with Gasteiger partial charge in [0.15, 0.2) is 0 Å². The molecule has 1 N–H and O–H groups in total. The lowest BCUT2D eigenvalue weighted by Crippen LogP contribution is -3.13. The topological polar surface area (TPSA) is 38.5 Å². The molecule has 1 saturated heterocycles. The van der Waals surface area contributed by atoms with Crippen LogP contribution in [-0.2, 0) is 0 Å². The van der Waals surface area contributed by atoms with Crippen LogP contribution in [0.15, 0.2) is 47.6 Å². The Labute approximate surface area is 172 Å². The van der Waals surface area contributed by atoms with E-state index in [0.29, 0.717) is 0 Å². The average molecular weight is 393 g/mol.